The number of imidazole rings is 1. The third-order valence-electron chi connectivity index (χ3n) is 5.85. The van der Waals surface area contributed by atoms with E-state index in [1.54, 1.807) is 0 Å². The van der Waals surface area contributed by atoms with Crippen molar-refractivity contribution in [3.05, 3.63) is 41.2 Å². The Morgan fingerprint density at radius 2 is 1.89 bits per heavy atom. The lowest BCUT2D eigenvalue weighted by atomic mass is 9.86. The van der Waals surface area contributed by atoms with Crippen LogP contribution in [0.15, 0.2) is 24.3 Å². The molecule has 7 heteroatoms. The number of hydrogen-bond acceptors (Lipinski definition) is 4. The van der Waals surface area contributed by atoms with Gasteiger partial charge in [0.1, 0.15) is 5.82 Å². The summed E-state index contributed by atoms with van der Waals surface area (Å²) in [7, 11) is 2.10. The summed E-state index contributed by atoms with van der Waals surface area (Å²) >= 11 is 0. The lowest BCUT2D eigenvalue weighted by Gasteiger charge is -2.26. The van der Waals surface area contributed by atoms with Gasteiger partial charge >= 0.3 is 5.97 Å². The molecule has 0 spiro atoms. The molecule has 0 bridgehead atoms. The van der Waals surface area contributed by atoms with Gasteiger partial charge in [-0.15, -0.1) is 0 Å². The summed E-state index contributed by atoms with van der Waals surface area (Å²) < 4.78 is 0. The van der Waals surface area contributed by atoms with Crippen molar-refractivity contribution < 1.29 is 14.7 Å². The zero-order chi connectivity index (χ0) is 19.7. The van der Waals surface area contributed by atoms with Crippen molar-refractivity contribution in [1.82, 2.24) is 20.2 Å². The molecule has 2 aliphatic rings. The van der Waals surface area contributed by atoms with E-state index in [0.29, 0.717) is 31.2 Å². The quantitative estimate of drug-likeness (QED) is 0.754. The summed E-state index contributed by atoms with van der Waals surface area (Å²) in [6, 6.07) is 7.54. The summed E-state index contributed by atoms with van der Waals surface area (Å²) in [4.78, 5) is 33.9. The largest absolute Gasteiger partial charge is 0.481 e. The molecule has 2 heterocycles. The second-order valence-corrected chi connectivity index (χ2v) is 7.94. The molecule has 28 heavy (non-hydrogen) atoms. The van der Waals surface area contributed by atoms with Gasteiger partial charge in [0.25, 0.3) is 5.91 Å². The standard InChI is InChI=1S/C21H26N4O3/c1-25-11-10-17-18(12-25)24-19(23-17)13-2-4-14(5-3-13)20(26)22-16-8-6-15(7-9-16)21(27)28/h2-5,15-16H,6-12H2,1H3,(H,22,26)(H,23,24)(H,27,28). The maximum absolute atomic E-state index is 12.5. The third-order valence-corrected chi connectivity index (χ3v) is 5.85. The van der Waals surface area contributed by atoms with Crippen LogP contribution in [0.25, 0.3) is 11.4 Å². The Labute approximate surface area is 164 Å². The summed E-state index contributed by atoms with van der Waals surface area (Å²) in [5, 5.41) is 12.1. The summed E-state index contributed by atoms with van der Waals surface area (Å²) in [6.07, 6.45) is 3.63. The second kappa shape index (κ2) is 7.75. The zero-order valence-corrected chi connectivity index (χ0v) is 16.1. The zero-order valence-electron chi connectivity index (χ0n) is 16.1. The molecule has 1 aliphatic carbocycles. The first-order valence-electron chi connectivity index (χ1n) is 9.90. The van der Waals surface area contributed by atoms with Crippen molar-refractivity contribution in [1.29, 1.82) is 0 Å². The normalized spacial score (nSPS) is 22.5. The van der Waals surface area contributed by atoms with E-state index in [0.717, 1.165) is 36.6 Å². The number of aromatic amines is 1. The fraction of sp³-hybridized carbons (Fsp3) is 0.476. The topological polar surface area (TPSA) is 98.3 Å². The molecule has 1 aliphatic heterocycles. The Hall–Kier alpha value is -2.67. The third kappa shape index (κ3) is 3.94. The summed E-state index contributed by atoms with van der Waals surface area (Å²) in [5.41, 5.74) is 3.88. The van der Waals surface area contributed by atoms with Gasteiger partial charge < -0.3 is 20.3 Å². The molecule has 0 atom stereocenters. The van der Waals surface area contributed by atoms with Crippen LogP contribution in [0.2, 0.25) is 0 Å². The number of aromatic nitrogens is 2. The highest BCUT2D eigenvalue weighted by atomic mass is 16.4. The fourth-order valence-corrected chi connectivity index (χ4v) is 4.10. The van der Waals surface area contributed by atoms with Crippen LogP contribution in [-0.4, -0.2) is 51.5 Å². The summed E-state index contributed by atoms with van der Waals surface area (Å²) in [5.74, 6) is -0.261. The SMILES string of the molecule is CN1CCc2nc(-c3ccc(C(=O)NC4CCC(C(=O)O)CC4)cc3)[nH]c2C1. The van der Waals surface area contributed by atoms with Crippen molar-refractivity contribution in [3.63, 3.8) is 0 Å². The number of benzene rings is 1. The lowest BCUT2D eigenvalue weighted by Crippen LogP contribution is -2.38. The smallest absolute Gasteiger partial charge is 0.306 e. The first-order valence-corrected chi connectivity index (χ1v) is 9.90. The molecule has 3 N–H and O–H groups in total. The number of carbonyl (C=O) groups is 2. The number of carboxylic acids is 1. The Morgan fingerprint density at radius 1 is 1.18 bits per heavy atom. The minimum Gasteiger partial charge on any atom is -0.481 e. The average Bonchev–Trinajstić information content (AvgIpc) is 3.11. The van der Waals surface area contributed by atoms with E-state index in [1.807, 2.05) is 24.3 Å². The Morgan fingerprint density at radius 3 is 2.57 bits per heavy atom. The van der Waals surface area contributed by atoms with E-state index in [9.17, 15) is 9.59 Å². The van der Waals surface area contributed by atoms with Gasteiger partial charge in [0.15, 0.2) is 0 Å². The highest BCUT2D eigenvalue weighted by molar-refractivity contribution is 5.94. The van der Waals surface area contributed by atoms with E-state index in [1.165, 1.54) is 5.69 Å². The van der Waals surface area contributed by atoms with Crippen LogP contribution in [0.1, 0.15) is 47.4 Å². The maximum Gasteiger partial charge on any atom is 0.306 e. The van der Waals surface area contributed by atoms with E-state index >= 15 is 0 Å². The molecule has 0 saturated heterocycles. The van der Waals surface area contributed by atoms with Crippen LogP contribution < -0.4 is 5.32 Å². The van der Waals surface area contributed by atoms with Gasteiger partial charge in [0, 0.05) is 36.7 Å². The number of fused-ring (bicyclic) bond motifs is 1. The number of H-pyrrole nitrogens is 1. The number of carboxylic acid groups (broad SMARTS) is 1. The number of likely N-dealkylation sites (N-methyl/N-ethyl adjacent to an activating group) is 1. The molecule has 148 valence electrons. The lowest BCUT2D eigenvalue weighted by molar-refractivity contribution is -0.142. The van der Waals surface area contributed by atoms with E-state index in [2.05, 4.69) is 22.2 Å². The number of nitrogens with zero attached hydrogens (tertiary/aromatic N) is 2. The molecule has 2 aromatic rings. The van der Waals surface area contributed by atoms with E-state index in [4.69, 9.17) is 10.1 Å². The Kier molecular flexibility index (Phi) is 5.17. The molecular formula is C21H26N4O3. The molecule has 4 rings (SSSR count). The highest BCUT2D eigenvalue weighted by Gasteiger charge is 2.27. The molecule has 7 nitrogen and oxygen atoms in total. The van der Waals surface area contributed by atoms with Gasteiger partial charge in [-0.2, -0.15) is 0 Å². The molecule has 1 saturated carbocycles. The first kappa shape index (κ1) is 18.7. The number of hydrogen-bond donors (Lipinski definition) is 3. The monoisotopic (exact) mass is 382 g/mol. The summed E-state index contributed by atoms with van der Waals surface area (Å²) in [6.45, 7) is 1.90. The first-order chi connectivity index (χ1) is 13.5. The predicted octanol–water partition coefficient (Wildman–Crippen LogP) is 2.44. The van der Waals surface area contributed by atoms with Gasteiger partial charge in [0.2, 0.25) is 0 Å². The van der Waals surface area contributed by atoms with Gasteiger partial charge in [-0.3, -0.25) is 9.59 Å². The number of aliphatic carboxylic acids is 1. The van der Waals surface area contributed by atoms with Crippen LogP contribution in [-0.2, 0) is 17.8 Å². The van der Waals surface area contributed by atoms with Gasteiger partial charge in [0.05, 0.1) is 17.3 Å². The average molecular weight is 382 g/mol. The highest BCUT2D eigenvalue weighted by Crippen LogP contribution is 2.25. The number of amides is 1. The van der Waals surface area contributed by atoms with Crippen molar-refractivity contribution >= 4 is 11.9 Å². The molecular weight excluding hydrogens is 356 g/mol. The molecule has 1 fully saturated rings. The molecule has 1 aromatic heterocycles. The van der Waals surface area contributed by atoms with Crippen molar-refractivity contribution in [2.24, 2.45) is 5.92 Å². The predicted molar refractivity (Wildman–Crippen MR) is 105 cm³/mol. The molecule has 1 aromatic carbocycles. The van der Waals surface area contributed by atoms with Crippen LogP contribution in [0.4, 0.5) is 0 Å². The van der Waals surface area contributed by atoms with Crippen LogP contribution in [0, 0.1) is 5.92 Å². The Balaban J connectivity index is 1.38. The fourth-order valence-electron chi connectivity index (χ4n) is 4.10. The van der Waals surface area contributed by atoms with E-state index in [-0.39, 0.29) is 17.9 Å². The van der Waals surface area contributed by atoms with Gasteiger partial charge in [-0.05, 0) is 44.9 Å². The van der Waals surface area contributed by atoms with E-state index < -0.39 is 5.97 Å². The minimum absolute atomic E-state index is 0.0524. The van der Waals surface area contributed by atoms with Crippen molar-refractivity contribution in [2.75, 3.05) is 13.6 Å². The van der Waals surface area contributed by atoms with Crippen LogP contribution in [0.5, 0.6) is 0 Å². The number of nitrogens with one attached hydrogen (secondary N) is 2. The van der Waals surface area contributed by atoms with Crippen molar-refractivity contribution in [2.45, 2.75) is 44.7 Å². The molecule has 0 unspecified atom stereocenters. The molecule has 0 radical (unpaired) electrons. The Bertz CT molecular complexity index is 866. The van der Waals surface area contributed by atoms with Crippen LogP contribution >= 0.6 is 0 Å². The molecule has 1 amide bonds. The van der Waals surface area contributed by atoms with Crippen molar-refractivity contribution in [3.8, 4) is 11.4 Å². The maximum atomic E-state index is 12.5. The number of carbonyl (C=O) groups excluding carboxylic acids is 1. The van der Waals surface area contributed by atoms with Crippen LogP contribution in [0.3, 0.4) is 0 Å². The van der Waals surface area contributed by atoms with Gasteiger partial charge in [-0.25, -0.2) is 4.98 Å². The van der Waals surface area contributed by atoms with Gasteiger partial charge in [-0.1, -0.05) is 12.1 Å². The number of rotatable bonds is 4. The second-order valence-electron chi connectivity index (χ2n) is 7.94. The minimum atomic E-state index is -0.730.